The number of ether oxygens (including phenoxy) is 2. The summed E-state index contributed by atoms with van der Waals surface area (Å²) in [5, 5.41) is 0. The second-order valence-corrected chi connectivity index (χ2v) is 4.91. The molecular formula is C14H20FNO2. The lowest BCUT2D eigenvalue weighted by Crippen LogP contribution is -2.39. The number of hydrogen-bond acceptors (Lipinski definition) is 3. The van der Waals surface area contributed by atoms with Gasteiger partial charge >= 0.3 is 0 Å². The minimum absolute atomic E-state index is 0.335. The summed E-state index contributed by atoms with van der Waals surface area (Å²) in [5.74, 6) is 0.629. The van der Waals surface area contributed by atoms with E-state index in [1.807, 2.05) is 0 Å². The molecule has 3 nitrogen and oxygen atoms in total. The van der Waals surface area contributed by atoms with Gasteiger partial charge in [0.25, 0.3) is 0 Å². The van der Waals surface area contributed by atoms with Crippen LogP contribution in [0, 0.1) is 5.82 Å². The highest BCUT2D eigenvalue weighted by atomic mass is 19.1. The Labute approximate surface area is 107 Å². The highest BCUT2D eigenvalue weighted by molar-refractivity contribution is 5.50. The van der Waals surface area contributed by atoms with Gasteiger partial charge in [0.15, 0.2) is 11.5 Å². The van der Waals surface area contributed by atoms with E-state index >= 15 is 0 Å². The Bertz CT molecular complexity index is 428. The average Bonchev–Trinajstić information content (AvgIpc) is 2.38. The molecule has 1 aromatic rings. The van der Waals surface area contributed by atoms with Crippen LogP contribution in [0.2, 0.25) is 0 Å². The van der Waals surface area contributed by atoms with Crippen molar-refractivity contribution in [3.8, 4) is 11.5 Å². The third kappa shape index (κ3) is 2.29. The van der Waals surface area contributed by atoms with Crippen LogP contribution in [-0.2, 0) is 5.54 Å². The normalized spacial score (nSPS) is 18.4. The van der Waals surface area contributed by atoms with Crippen LogP contribution in [0.3, 0.4) is 0 Å². The molecule has 1 aliphatic rings. The molecule has 0 saturated heterocycles. The highest BCUT2D eigenvalue weighted by Crippen LogP contribution is 2.43. The lowest BCUT2D eigenvalue weighted by Gasteiger charge is -2.35. The van der Waals surface area contributed by atoms with Crippen molar-refractivity contribution in [2.24, 2.45) is 5.73 Å². The van der Waals surface area contributed by atoms with Crippen molar-refractivity contribution in [3.63, 3.8) is 0 Å². The predicted molar refractivity (Wildman–Crippen MR) is 68.5 cm³/mol. The molecule has 100 valence electrons. The minimum Gasteiger partial charge on any atom is -0.493 e. The molecule has 2 N–H and O–H groups in total. The van der Waals surface area contributed by atoms with E-state index in [4.69, 9.17) is 15.2 Å². The maximum atomic E-state index is 13.7. The van der Waals surface area contributed by atoms with Crippen LogP contribution in [0.4, 0.5) is 4.39 Å². The third-order valence-corrected chi connectivity index (χ3v) is 3.73. The van der Waals surface area contributed by atoms with Gasteiger partial charge in [0.2, 0.25) is 0 Å². The zero-order valence-corrected chi connectivity index (χ0v) is 11.0. The van der Waals surface area contributed by atoms with E-state index in [9.17, 15) is 4.39 Å². The number of nitrogens with two attached hydrogens (primary N) is 1. The van der Waals surface area contributed by atoms with Gasteiger partial charge in [-0.25, -0.2) is 4.39 Å². The second-order valence-electron chi connectivity index (χ2n) is 4.91. The van der Waals surface area contributed by atoms with Gasteiger partial charge in [-0.2, -0.15) is 0 Å². The molecule has 0 amide bonds. The van der Waals surface area contributed by atoms with E-state index in [0.29, 0.717) is 11.5 Å². The summed E-state index contributed by atoms with van der Waals surface area (Å²) in [5.41, 5.74) is 6.67. The number of hydrogen-bond donors (Lipinski definition) is 1. The molecule has 1 aromatic carbocycles. The monoisotopic (exact) mass is 253 g/mol. The van der Waals surface area contributed by atoms with Crippen molar-refractivity contribution in [3.05, 3.63) is 23.5 Å². The smallest absolute Gasteiger partial charge is 0.165 e. The van der Waals surface area contributed by atoms with Gasteiger partial charge < -0.3 is 15.2 Å². The van der Waals surface area contributed by atoms with Crippen LogP contribution < -0.4 is 15.2 Å². The third-order valence-electron chi connectivity index (χ3n) is 3.73. The van der Waals surface area contributed by atoms with Gasteiger partial charge in [0.1, 0.15) is 5.82 Å². The van der Waals surface area contributed by atoms with E-state index < -0.39 is 5.54 Å². The summed E-state index contributed by atoms with van der Waals surface area (Å²) in [7, 11) is 3.07. The number of rotatable bonds is 3. The molecule has 1 fully saturated rings. The lowest BCUT2D eigenvalue weighted by molar-refractivity contribution is 0.280. The molecule has 0 bridgehead atoms. The molecule has 0 spiro atoms. The van der Waals surface area contributed by atoms with E-state index in [0.717, 1.165) is 31.2 Å². The summed E-state index contributed by atoms with van der Waals surface area (Å²) in [4.78, 5) is 0. The van der Waals surface area contributed by atoms with Crippen LogP contribution >= 0.6 is 0 Å². The first kappa shape index (κ1) is 13.1. The van der Waals surface area contributed by atoms with Crippen LogP contribution in [0.1, 0.15) is 37.7 Å². The van der Waals surface area contributed by atoms with Gasteiger partial charge in [0.05, 0.1) is 14.2 Å². The van der Waals surface area contributed by atoms with Crippen LogP contribution in [-0.4, -0.2) is 14.2 Å². The standard InChI is InChI=1S/C14H20FNO2/c1-17-12-9-10(15)8-11(13(12)18-2)14(16)6-4-3-5-7-14/h8-9H,3-7,16H2,1-2H3. The topological polar surface area (TPSA) is 44.5 Å². The molecule has 0 atom stereocenters. The van der Waals surface area contributed by atoms with Crippen LogP contribution in [0.25, 0.3) is 0 Å². The molecule has 2 rings (SSSR count). The zero-order valence-electron chi connectivity index (χ0n) is 11.0. The van der Waals surface area contributed by atoms with E-state index in [1.165, 1.54) is 25.7 Å². The number of halogens is 1. The molecule has 0 unspecified atom stereocenters. The summed E-state index contributed by atoms with van der Waals surface area (Å²) < 4.78 is 24.2. The predicted octanol–water partition coefficient (Wildman–Crippen LogP) is 2.96. The van der Waals surface area contributed by atoms with Gasteiger partial charge in [-0.15, -0.1) is 0 Å². The Kier molecular flexibility index (Phi) is 3.76. The van der Waals surface area contributed by atoms with Crippen LogP contribution in [0.15, 0.2) is 12.1 Å². The van der Waals surface area contributed by atoms with Crippen molar-refractivity contribution in [1.29, 1.82) is 0 Å². The summed E-state index contributed by atoms with van der Waals surface area (Å²) in [6.07, 6.45) is 5.04. The first-order chi connectivity index (χ1) is 8.60. The Hall–Kier alpha value is -1.29. The molecule has 0 aliphatic heterocycles. The zero-order chi connectivity index (χ0) is 13.2. The maximum Gasteiger partial charge on any atom is 0.165 e. The Balaban J connectivity index is 2.50. The van der Waals surface area contributed by atoms with E-state index in [-0.39, 0.29) is 5.82 Å². The number of methoxy groups -OCH3 is 2. The second kappa shape index (κ2) is 5.14. The van der Waals surface area contributed by atoms with E-state index in [2.05, 4.69) is 0 Å². The molecule has 1 aliphatic carbocycles. The summed E-state index contributed by atoms with van der Waals surface area (Å²) >= 11 is 0. The van der Waals surface area contributed by atoms with Gasteiger partial charge in [-0.1, -0.05) is 19.3 Å². The molecule has 1 saturated carbocycles. The van der Waals surface area contributed by atoms with Gasteiger partial charge in [-0.05, 0) is 18.9 Å². The number of benzene rings is 1. The van der Waals surface area contributed by atoms with Crippen LogP contribution in [0.5, 0.6) is 11.5 Å². The Morgan fingerprint density at radius 1 is 1.11 bits per heavy atom. The molecule has 0 aromatic heterocycles. The van der Waals surface area contributed by atoms with Crippen molar-refractivity contribution < 1.29 is 13.9 Å². The minimum atomic E-state index is -0.501. The Morgan fingerprint density at radius 3 is 2.33 bits per heavy atom. The average molecular weight is 253 g/mol. The molecule has 0 heterocycles. The summed E-state index contributed by atoms with van der Waals surface area (Å²) in [6.45, 7) is 0. The van der Waals surface area contributed by atoms with Crippen molar-refractivity contribution >= 4 is 0 Å². The highest BCUT2D eigenvalue weighted by Gasteiger charge is 2.34. The first-order valence-electron chi connectivity index (χ1n) is 6.31. The fourth-order valence-electron chi connectivity index (χ4n) is 2.75. The molecule has 18 heavy (non-hydrogen) atoms. The molecular weight excluding hydrogens is 233 g/mol. The fraction of sp³-hybridized carbons (Fsp3) is 0.571. The summed E-state index contributed by atoms with van der Waals surface area (Å²) in [6, 6.07) is 2.81. The van der Waals surface area contributed by atoms with E-state index in [1.54, 1.807) is 7.11 Å². The van der Waals surface area contributed by atoms with Crippen molar-refractivity contribution in [2.75, 3.05) is 14.2 Å². The van der Waals surface area contributed by atoms with Gasteiger partial charge in [-0.3, -0.25) is 0 Å². The molecule has 0 radical (unpaired) electrons. The first-order valence-corrected chi connectivity index (χ1v) is 6.31. The lowest BCUT2D eigenvalue weighted by atomic mass is 9.77. The molecule has 4 heteroatoms. The fourth-order valence-corrected chi connectivity index (χ4v) is 2.75. The van der Waals surface area contributed by atoms with Gasteiger partial charge in [0, 0.05) is 17.2 Å². The maximum absolute atomic E-state index is 13.7. The van der Waals surface area contributed by atoms with Crippen molar-refractivity contribution in [2.45, 2.75) is 37.6 Å². The van der Waals surface area contributed by atoms with Crippen molar-refractivity contribution in [1.82, 2.24) is 0 Å². The largest absolute Gasteiger partial charge is 0.493 e. The SMILES string of the molecule is COc1cc(F)cc(C2(N)CCCCC2)c1OC. The Morgan fingerprint density at radius 2 is 1.78 bits per heavy atom. The quantitative estimate of drug-likeness (QED) is 0.900.